The van der Waals surface area contributed by atoms with Crippen LogP contribution >= 0.6 is 23.8 Å². The average Bonchev–Trinajstić information content (AvgIpc) is 2.66. The fourth-order valence-corrected chi connectivity index (χ4v) is 2.93. The lowest BCUT2D eigenvalue weighted by Gasteiger charge is -2.18. The van der Waals surface area contributed by atoms with Crippen LogP contribution in [0.4, 0.5) is 5.69 Å². The highest BCUT2D eigenvalue weighted by molar-refractivity contribution is 7.80. The summed E-state index contributed by atoms with van der Waals surface area (Å²) in [6, 6.07) is 12.3. The number of para-hydroxylation sites is 2. The lowest BCUT2D eigenvalue weighted by molar-refractivity contribution is 0.0526. The molecule has 0 radical (unpaired) electrons. The van der Waals surface area contributed by atoms with Crippen LogP contribution in [0.5, 0.6) is 11.5 Å². The first-order valence-corrected chi connectivity index (χ1v) is 9.53. The largest absolute Gasteiger partial charge is 0.493 e. The molecule has 2 N–H and O–H groups in total. The van der Waals surface area contributed by atoms with Gasteiger partial charge in [0, 0.05) is 5.69 Å². The number of rotatable bonds is 8. The zero-order valence-corrected chi connectivity index (χ0v) is 17.5. The molecule has 0 aromatic heterocycles. The van der Waals surface area contributed by atoms with E-state index in [1.165, 1.54) is 0 Å². The van der Waals surface area contributed by atoms with E-state index in [-0.39, 0.29) is 12.6 Å². The standard InChI is InChI=1S/C20H23ClN2O4S/c1-4-26-19(24)15-10-9-14(11-16(15)21)23-20(28)22-13(2)12-27-18-8-6-5-7-17(18)25-3/h5-11,13H,4,12H2,1-3H3,(H2,22,23,28). The molecule has 0 amide bonds. The van der Waals surface area contributed by atoms with E-state index in [0.717, 1.165) is 0 Å². The second-order valence-corrected chi connectivity index (χ2v) is 6.69. The van der Waals surface area contributed by atoms with Crippen LogP contribution in [0.3, 0.4) is 0 Å². The zero-order valence-electron chi connectivity index (χ0n) is 16.0. The molecule has 0 aliphatic carbocycles. The van der Waals surface area contributed by atoms with Gasteiger partial charge in [-0.05, 0) is 56.4 Å². The van der Waals surface area contributed by atoms with E-state index in [4.69, 9.17) is 38.0 Å². The Morgan fingerprint density at radius 1 is 1.21 bits per heavy atom. The van der Waals surface area contributed by atoms with Crippen LogP contribution < -0.4 is 20.1 Å². The molecule has 0 spiro atoms. The number of nitrogens with one attached hydrogen (secondary N) is 2. The number of thiocarbonyl (C=S) groups is 1. The molecule has 0 aliphatic rings. The molecular weight excluding hydrogens is 400 g/mol. The summed E-state index contributed by atoms with van der Waals surface area (Å²) in [6.07, 6.45) is 0. The van der Waals surface area contributed by atoms with E-state index in [9.17, 15) is 4.79 Å². The molecule has 6 nitrogen and oxygen atoms in total. The normalized spacial score (nSPS) is 11.3. The number of ether oxygens (including phenoxy) is 3. The van der Waals surface area contributed by atoms with E-state index >= 15 is 0 Å². The van der Waals surface area contributed by atoms with Crippen molar-refractivity contribution in [2.75, 3.05) is 25.6 Å². The summed E-state index contributed by atoms with van der Waals surface area (Å²) in [5.74, 6) is 0.882. The summed E-state index contributed by atoms with van der Waals surface area (Å²) in [6.45, 7) is 4.37. The molecule has 150 valence electrons. The summed E-state index contributed by atoms with van der Waals surface area (Å²) >= 11 is 11.5. The molecular formula is C20H23ClN2O4S. The Bertz CT molecular complexity index is 832. The number of hydrogen-bond donors (Lipinski definition) is 2. The van der Waals surface area contributed by atoms with Crippen LogP contribution in [0.15, 0.2) is 42.5 Å². The summed E-state index contributed by atoms with van der Waals surface area (Å²) < 4.78 is 16.0. The highest BCUT2D eigenvalue weighted by Gasteiger charge is 2.13. The third kappa shape index (κ3) is 6.28. The molecule has 0 bridgehead atoms. The van der Waals surface area contributed by atoms with E-state index in [0.29, 0.717) is 39.5 Å². The zero-order chi connectivity index (χ0) is 20.5. The molecule has 1 unspecified atom stereocenters. The molecule has 28 heavy (non-hydrogen) atoms. The summed E-state index contributed by atoms with van der Waals surface area (Å²) in [5, 5.41) is 6.87. The van der Waals surface area contributed by atoms with Crippen LogP contribution in [0, 0.1) is 0 Å². The fourth-order valence-electron chi connectivity index (χ4n) is 2.35. The Labute approximate surface area is 175 Å². The number of carbonyl (C=O) groups is 1. The van der Waals surface area contributed by atoms with Crippen molar-refractivity contribution >= 4 is 40.6 Å². The first-order chi connectivity index (χ1) is 13.4. The lowest BCUT2D eigenvalue weighted by Crippen LogP contribution is -2.39. The predicted octanol–water partition coefficient (Wildman–Crippen LogP) is 4.28. The van der Waals surface area contributed by atoms with Gasteiger partial charge in [-0.3, -0.25) is 0 Å². The Morgan fingerprint density at radius 2 is 1.93 bits per heavy atom. The predicted molar refractivity (Wildman–Crippen MR) is 115 cm³/mol. The van der Waals surface area contributed by atoms with Crippen molar-refractivity contribution in [1.29, 1.82) is 0 Å². The number of carbonyl (C=O) groups excluding carboxylic acids is 1. The van der Waals surface area contributed by atoms with E-state index in [1.807, 2.05) is 31.2 Å². The maximum Gasteiger partial charge on any atom is 0.339 e. The molecule has 8 heteroatoms. The fraction of sp³-hybridized carbons (Fsp3) is 0.300. The maximum absolute atomic E-state index is 11.8. The van der Waals surface area contributed by atoms with Crippen molar-refractivity contribution in [3.05, 3.63) is 53.1 Å². The number of hydrogen-bond acceptors (Lipinski definition) is 5. The van der Waals surface area contributed by atoms with Crippen molar-refractivity contribution in [1.82, 2.24) is 5.32 Å². The number of esters is 1. The minimum Gasteiger partial charge on any atom is -0.493 e. The van der Waals surface area contributed by atoms with Gasteiger partial charge in [0.1, 0.15) is 6.61 Å². The lowest BCUT2D eigenvalue weighted by atomic mass is 10.2. The second-order valence-electron chi connectivity index (χ2n) is 5.88. The van der Waals surface area contributed by atoms with Gasteiger partial charge >= 0.3 is 5.97 Å². The number of halogens is 1. The van der Waals surface area contributed by atoms with Gasteiger partial charge in [-0.15, -0.1) is 0 Å². The smallest absolute Gasteiger partial charge is 0.339 e. The summed E-state index contributed by atoms with van der Waals surface area (Å²) in [7, 11) is 1.60. The van der Waals surface area contributed by atoms with Crippen LogP contribution in [-0.2, 0) is 4.74 Å². The minimum absolute atomic E-state index is 0.0563. The molecule has 2 aromatic rings. The van der Waals surface area contributed by atoms with E-state index in [2.05, 4.69) is 10.6 Å². The molecule has 0 fully saturated rings. The van der Waals surface area contributed by atoms with Gasteiger partial charge < -0.3 is 24.8 Å². The second kappa shape index (κ2) is 10.7. The maximum atomic E-state index is 11.8. The Hall–Kier alpha value is -2.51. The van der Waals surface area contributed by atoms with Gasteiger partial charge in [0.2, 0.25) is 0 Å². The van der Waals surface area contributed by atoms with Gasteiger partial charge in [-0.2, -0.15) is 0 Å². The van der Waals surface area contributed by atoms with Crippen molar-refractivity contribution in [3.63, 3.8) is 0 Å². The first kappa shape index (κ1) is 21.8. The van der Waals surface area contributed by atoms with Gasteiger partial charge in [0.25, 0.3) is 0 Å². The summed E-state index contributed by atoms with van der Waals surface area (Å²) in [5.41, 5.74) is 0.972. The van der Waals surface area contributed by atoms with Crippen molar-refractivity contribution in [2.24, 2.45) is 0 Å². The van der Waals surface area contributed by atoms with Gasteiger partial charge in [0.05, 0.1) is 30.3 Å². The average molecular weight is 423 g/mol. The minimum atomic E-state index is -0.457. The molecule has 2 rings (SSSR count). The van der Waals surface area contributed by atoms with E-state index < -0.39 is 5.97 Å². The topological polar surface area (TPSA) is 68.8 Å². The van der Waals surface area contributed by atoms with Crippen molar-refractivity contribution in [3.8, 4) is 11.5 Å². The number of benzene rings is 2. The van der Waals surface area contributed by atoms with E-state index in [1.54, 1.807) is 32.2 Å². The Balaban J connectivity index is 1.87. The first-order valence-electron chi connectivity index (χ1n) is 8.74. The van der Waals surface area contributed by atoms with Gasteiger partial charge in [0.15, 0.2) is 16.6 Å². The van der Waals surface area contributed by atoms with Crippen LogP contribution in [0.1, 0.15) is 24.2 Å². The molecule has 0 saturated heterocycles. The van der Waals surface area contributed by atoms with Gasteiger partial charge in [-0.25, -0.2) is 4.79 Å². The third-order valence-corrected chi connectivity index (χ3v) is 4.19. The highest BCUT2D eigenvalue weighted by Crippen LogP contribution is 2.26. The highest BCUT2D eigenvalue weighted by atomic mass is 35.5. The van der Waals surface area contributed by atoms with Crippen LogP contribution in [-0.4, -0.2) is 37.4 Å². The van der Waals surface area contributed by atoms with Crippen LogP contribution in [0.25, 0.3) is 0 Å². The van der Waals surface area contributed by atoms with Gasteiger partial charge in [-0.1, -0.05) is 23.7 Å². The summed E-state index contributed by atoms with van der Waals surface area (Å²) in [4.78, 5) is 11.8. The van der Waals surface area contributed by atoms with Crippen LogP contribution in [0.2, 0.25) is 5.02 Å². The molecule has 0 saturated carbocycles. The number of methoxy groups -OCH3 is 1. The Morgan fingerprint density at radius 3 is 2.57 bits per heavy atom. The van der Waals surface area contributed by atoms with Crippen molar-refractivity contribution < 1.29 is 19.0 Å². The molecule has 1 atom stereocenters. The quantitative estimate of drug-likeness (QED) is 0.486. The van der Waals surface area contributed by atoms with Crippen molar-refractivity contribution in [2.45, 2.75) is 19.9 Å². The molecule has 0 heterocycles. The molecule has 0 aliphatic heterocycles. The third-order valence-electron chi connectivity index (χ3n) is 3.66. The monoisotopic (exact) mass is 422 g/mol. The Kier molecular flexibility index (Phi) is 8.35. The SMILES string of the molecule is CCOC(=O)c1ccc(NC(=S)NC(C)COc2ccccc2OC)cc1Cl. The molecule has 2 aromatic carbocycles. The number of anilines is 1.